The molecule has 0 aliphatic heterocycles. The molecule has 0 saturated carbocycles. The second kappa shape index (κ2) is 3.39. The van der Waals surface area contributed by atoms with Gasteiger partial charge in [-0.05, 0) is 0 Å². The SMILES string of the molecule is Cl.Nc1cc(F)c(F)cc1N. The highest BCUT2D eigenvalue weighted by Crippen LogP contribution is 2.17. The molecule has 4 N–H and O–H groups in total. The smallest absolute Gasteiger partial charge is 0.161 e. The van der Waals surface area contributed by atoms with Crippen LogP contribution in [-0.2, 0) is 0 Å². The van der Waals surface area contributed by atoms with Crippen LogP contribution >= 0.6 is 12.4 Å². The van der Waals surface area contributed by atoms with Crippen LogP contribution < -0.4 is 11.5 Å². The molecule has 62 valence electrons. The zero-order valence-electron chi connectivity index (χ0n) is 5.47. The first-order valence-corrected chi connectivity index (χ1v) is 2.61. The first-order valence-electron chi connectivity index (χ1n) is 2.61. The number of benzene rings is 1. The molecular weight excluding hydrogens is 174 g/mol. The summed E-state index contributed by atoms with van der Waals surface area (Å²) in [6, 6.07) is 1.70. The van der Waals surface area contributed by atoms with Crippen molar-refractivity contribution in [3.63, 3.8) is 0 Å². The van der Waals surface area contributed by atoms with E-state index in [2.05, 4.69) is 0 Å². The van der Waals surface area contributed by atoms with Crippen LogP contribution in [0.4, 0.5) is 20.2 Å². The monoisotopic (exact) mass is 180 g/mol. The summed E-state index contributed by atoms with van der Waals surface area (Å²) in [7, 11) is 0. The zero-order valence-corrected chi connectivity index (χ0v) is 6.29. The van der Waals surface area contributed by atoms with Crippen LogP contribution in [0.5, 0.6) is 0 Å². The van der Waals surface area contributed by atoms with Crippen molar-refractivity contribution in [2.24, 2.45) is 0 Å². The molecule has 1 aromatic carbocycles. The lowest BCUT2D eigenvalue weighted by Crippen LogP contribution is -1.97. The number of anilines is 2. The van der Waals surface area contributed by atoms with Gasteiger partial charge in [0.05, 0.1) is 11.4 Å². The summed E-state index contributed by atoms with van der Waals surface area (Å²) in [6.07, 6.45) is 0. The van der Waals surface area contributed by atoms with Gasteiger partial charge in [-0.1, -0.05) is 0 Å². The minimum Gasteiger partial charge on any atom is -0.397 e. The first kappa shape index (κ1) is 9.97. The van der Waals surface area contributed by atoms with Crippen LogP contribution in [0.2, 0.25) is 0 Å². The summed E-state index contributed by atoms with van der Waals surface area (Å²) in [5, 5.41) is 0. The molecule has 0 saturated heterocycles. The molecule has 0 aromatic heterocycles. The van der Waals surface area contributed by atoms with Crippen molar-refractivity contribution in [2.75, 3.05) is 11.5 Å². The molecule has 0 radical (unpaired) electrons. The zero-order chi connectivity index (χ0) is 7.72. The summed E-state index contributed by atoms with van der Waals surface area (Å²) in [5.41, 5.74) is 10.4. The van der Waals surface area contributed by atoms with Crippen LogP contribution in [-0.4, -0.2) is 0 Å². The van der Waals surface area contributed by atoms with Gasteiger partial charge in [-0.3, -0.25) is 0 Å². The molecule has 2 nitrogen and oxygen atoms in total. The van der Waals surface area contributed by atoms with Crippen molar-refractivity contribution >= 4 is 23.8 Å². The Hall–Kier alpha value is -1.03. The molecule has 11 heavy (non-hydrogen) atoms. The van der Waals surface area contributed by atoms with E-state index in [-0.39, 0.29) is 23.8 Å². The fourth-order valence-electron chi connectivity index (χ4n) is 0.578. The van der Waals surface area contributed by atoms with Crippen molar-refractivity contribution < 1.29 is 8.78 Å². The highest BCUT2D eigenvalue weighted by molar-refractivity contribution is 5.85. The van der Waals surface area contributed by atoms with E-state index >= 15 is 0 Å². The third-order valence-corrected chi connectivity index (χ3v) is 1.13. The van der Waals surface area contributed by atoms with Crippen molar-refractivity contribution in [1.82, 2.24) is 0 Å². The minimum absolute atomic E-state index is 0. The lowest BCUT2D eigenvalue weighted by atomic mass is 10.2. The lowest BCUT2D eigenvalue weighted by Gasteiger charge is -1.98. The quantitative estimate of drug-likeness (QED) is 0.596. The Labute approximate surface area is 68.6 Å². The van der Waals surface area contributed by atoms with Gasteiger partial charge in [-0.15, -0.1) is 12.4 Å². The van der Waals surface area contributed by atoms with Gasteiger partial charge in [0.1, 0.15) is 0 Å². The van der Waals surface area contributed by atoms with Gasteiger partial charge in [0, 0.05) is 12.1 Å². The number of hydrogen-bond acceptors (Lipinski definition) is 2. The molecule has 1 rings (SSSR count). The molecule has 0 atom stereocenters. The highest BCUT2D eigenvalue weighted by Gasteiger charge is 2.03. The van der Waals surface area contributed by atoms with Gasteiger partial charge in [0.25, 0.3) is 0 Å². The van der Waals surface area contributed by atoms with Gasteiger partial charge in [0.2, 0.25) is 0 Å². The molecule has 0 spiro atoms. The standard InChI is InChI=1S/C6H6F2N2.ClH/c7-3-1-5(9)6(10)2-4(3)8;/h1-2H,9-10H2;1H. The number of hydrogen-bond donors (Lipinski definition) is 2. The van der Waals surface area contributed by atoms with Crippen LogP contribution in [0.15, 0.2) is 12.1 Å². The predicted molar refractivity (Wildman–Crippen MR) is 42.4 cm³/mol. The molecular formula is C6H7ClF2N2. The maximum atomic E-state index is 12.2. The molecule has 0 aliphatic rings. The van der Waals surface area contributed by atoms with Crippen LogP contribution in [0.3, 0.4) is 0 Å². The van der Waals surface area contributed by atoms with Crippen LogP contribution in [0.25, 0.3) is 0 Å². The molecule has 1 aromatic rings. The number of rotatable bonds is 0. The Morgan fingerprint density at radius 1 is 0.909 bits per heavy atom. The van der Waals surface area contributed by atoms with Crippen molar-refractivity contribution in [3.05, 3.63) is 23.8 Å². The Kier molecular flexibility index (Phi) is 3.07. The topological polar surface area (TPSA) is 52.0 Å². The number of nitrogens with two attached hydrogens (primary N) is 2. The van der Waals surface area contributed by atoms with Gasteiger partial charge in [-0.25, -0.2) is 8.78 Å². The summed E-state index contributed by atoms with van der Waals surface area (Å²) in [6.45, 7) is 0. The molecule has 0 amide bonds. The molecule has 0 aliphatic carbocycles. The van der Waals surface area contributed by atoms with E-state index in [0.717, 1.165) is 12.1 Å². The molecule has 5 heteroatoms. The van der Waals surface area contributed by atoms with E-state index in [4.69, 9.17) is 11.5 Å². The highest BCUT2D eigenvalue weighted by atomic mass is 35.5. The fourth-order valence-corrected chi connectivity index (χ4v) is 0.578. The van der Waals surface area contributed by atoms with E-state index in [1.165, 1.54) is 0 Å². The average molecular weight is 181 g/mol. The maximum Gasteiger partial charge on any atom is 0.161 e. The third-order valence-electron chi connectivity index (χ3n) is 1.13. The molecule has 0 bridgehead atoms. The van der Waals surface area contributed by atoms with Gasteiger partial charge in [0.15, 0.2) is 11.6 Å². The Bertz CT molecular complexity index is 215. The van der Waals surface area contributed by atoms with Gasteiger partial charge < -0.3 is 11.5 Å². The summed E-state index contributed by atoms with van der Waals surface area (Å²) < 4.78 is 24.5. The van der Waals surface area contributed by atoms with E-state index in [9.17, 15) is 8.78 Å². The number of nitrogen functional groups attached to an aromatic ring is 2. The van der Waals surface area contributed by atoms with E-state index in [1.54, 1.807) is 0 Å². The minimum atomic E-state index is -0.980. The fraction of sp³-hybridized carbons (Fsp3) is 0. The summed E-state index contributed by atoms with van der Waals surface area (Å²) >= 11 is 0. The third kappa shape index (κ3) is 1.94. The van der Waals surface area contributed by atoms with Crippen LogP contribution in [0.1, 0.15) is 0 Å². The van der Waals surface area contributed by atoms with Crippen molar-refractivity contribution in [3.8, 4) is 0 Å². The second-order valence-electron chi connectivity index (χ2n) is 1.90. The summed E-state index contributed by atoms with van der Waals surface area (Å²) in [4.78, 5) is 0. The van der Waals surface area contributed by atoms with Crippen molar-refractivity contribution in [1.29, 1.82) is 0 Å². The molecule has 0 heterocycles. The predicted octanol–water partition coefficient (Wildman–Crippen LogP) is 1.55. The van der Waals surface area contributed by atoms with E-state index in [1.807, 2.05) is 0 Å². The van der Waals surface area contributed by atoms with E-state index < -0.39 is 11.6 Å². The first-order chi connectivity index (χ1) is 4.61. The molecule has 0 fully saturated rings. The number of halogens is 3. The average Bonchev–Trinajstić information content (AvgIpc) is 1.84. The van der Waals surface area contributed by atoms with E-state index in [0.29, 0.717) is 0 Å². The normalized spacial score (nSPS) is 8.91. The van der Waals surface area contributed by atoms with Crippen molar-refractivity contribution in [2.45, 2.75) is 0 Å². The lowest BCUT2D eigenvalue weighted by molar-refractivity contribution is 0.510. The Morgan fingerprint density at radius 3 is 1.45 bits per heavy atom. The molecule has 0 unspecified atom stereocenters. The largest absolute Gasteiger partial charge is 0.397 e. The summed E-state index contributed by atoms with van der Waals surface area (Å²) in [5.74, 6) is -1.96. The Morgan fingerprint density at radius 2 is 1.18 bits per heavy atom. The Balaban J connectivity index is 0.000001000. The van der Waals surface area contributed by atoms with Gasteiger partial charge >= 0.3 is 0 Å². The van der Waals surface area contributed by atoms with Crippen LogP contribution in [0, 0.1) is 11.6 Å². The maximum absolute atomic E-state index is 12.2. The second-order valence-corrected chi connectivity index (χ2v) is 1.90. The van der Waals surface area contributed by atoms with Gasteiger partial charge in [-0.2, -0.15) is 0 Å².